The van der Waals surface area contributed by atoms with Gasteiger partial charge < -0.3 is 18.9 Å². The van der Waals surface area contributed by atoms with Gasteiger partial charge in [0.15, 0.2) is 5.76 Å². The number of carbonyl (C=O) groups is 1. The van der Waals surface area contributed by atoms with Crippen LogP contribution < -0.4 is 14.4 Å². The Kier molecular flexibility index (Phi) is 4.32. The minimum absolute atomic E-state index is 0.0748. The number of ether oxygens (including phenoxy) is 2. The number of amides is 1. The van der Waals surface area contributed by atoms with Gasteiger partial charge in [-0.15, -0.1) is 0 Å². The molecule has 27 heavy (non-hydrogen) atoms. The molecule has 0 radical (unpaired) electrons. The minimum atomic E-state index is -0.0748. The number of methoxy groups -OCH3 is 2. The molecule has 0 fully saturated rings. The van der Waals surface area contributed by atoms with Gasteiger partial charge in [-0.05, 0) is 49.2 Å². The van der Waals surface area contributed by atoms with Crippen molar-refractivity contribution in [3.05, 3.63) is 59.3 Å². The van der Waals surface area contributed by atoms with Gasteiger partial charge in [-0.1, -0.05) is 5.16 Å². The monoisotopic (exact) mass is 364 g/mol. The summed E-state index contributed by atoms with van der Waals surface area (Å²) in [5, 5.41) is 3.94. The molecule has 1 aliphatic rings. The lowest BCUT2D eigenvalue weighted by Gasteiger charge is -2.18. The fourth-order valence-electron chi connectivity index (χ4n) is 3.35. The van der Waals surface area contributed by atoms with Crippen LogP contribution in [0.3, 0.4) is 0 Å². The van der Waals surface area contributed by atoms with Crippen molar-refractivity contribution in [2.24, 2.45) is 0 Å². The molecule has 0 unspecified atom stereocenters. The quantitative estimate of drug-likeness (QED) is 0.703. The third-order valence-corrected chi connectivity index (χ3v) is 4.73. The maximum Gasteiger partial charge on any atom is 0.258 e. The molecule has 0 atom stereocenters. The molecule has 0 N–H and O–H groups in total. The van der Waals surface area contributed by atoms with Crippen LogP contribution in [0.2, 0.25) is 0 Å². The summed E-state index contributed by atoms with van der Waals surface area (Å²) in [5.41, 5.74) is 4.38. The number of rotatable bonds is 4. The Bertz CT molecular complexity index is 987. The van der Waals surface area contributed by atoms with Crippen LogP contribution in [-0.4, -0.2) is 31.8 Å². The SMILES string of the molecule is COc1cc(OC)cc(C(=O)N2CCc3cc(-c4cc(C)no4)ccc32)c1. The van der Waals surface area contributed by atoms with Crippen molar-refractivity contribution in [3.8, 4) is 22.8 Å². The van der Waals surface area contributed by atoms with Gasteiger partial charge >= 0.3 is 0 Å². The largest absolute Gasteiger partial charge is 0.497 e. The second kappa shape index (κ2) is 6.79. The number of fused-ring (bicyclic) bond motifs is 1. The number of benzene rings is 2. The van der Waals surface area contributed by atoms with Crippen LogP contribution in [0, 0.1) is 6.92 Å². The molecule has 4 rings (SSSR count). The molecule has 1 amide bonds. The fourth-order valence-corrected chi connectivity index (χ4v) is 3.35. The van der Waals surface area contributed by atoms with Gasteiger partial charge in [-0.25, -0.2) is 0 Å². The number of hydrogen-bond donors (Lipinski definition) is 0. The zero-order valence-electron chi connectivity index (χ0n) is 15.5. The average Bonchev–Trinajstić information content (AvgIpc) is 3.32. The van der Waals surface area contributed by atoms with E-state index in [0.29, 0.717) is 23.6 Å². The second-order valence-corrected chi connectivity index (χ2v) is 6.48. The Hall–Kier alpha value is -3.28. The van der Waals surface area contributed by atoms with Crippen LogP contribution in [-0.2, 0) is 6.42 Å². The number of nitrogens with zero attached hydrogens (tertiary/aromatic N) is 2. The number of carbonyl (C=O) groups excluding carboxylic acids is 1. The first kappa shape index (κ1) is 17.1. The third-order valence-electron chi connectivity index (χ3n) is 4.73. The average molecular weight is 364 g/mol. The van der Waals surface area contributed by atoms with Crippen molar-refractivity contribution in [2.75, 3.05) is 25.7 Å². The first-order valence-electron chi connectivity index (χ1n) is 8.70. The Morgan fingerprint density at radius 3 is 2.44 bits per heavy atom. The lowest BCUT2D eigenvalue weighted by molar-refractivity contribution is 0.0988. The summed E-state index contributed by atoms with van der Waals surface area (Å²) in [7, 11) is 3.14. The van der Waals surface area contributed by atoms with Crippen LogP contribution in [0.15, 0.2) is 47.0 Å². The van der Waals surface area contributed by atoms with Gasteiger partial charge in [0, 0.05) is 35.5 Å². The lowest BCUT2D eigenvalue weighted by Crippen LogP contribution is -2.28. The van der Waals surface area contributed by atoms with Crippen LogP contribution >= 0.6 is 0 Å². The standard InChI is InChI=1S/C21H20N2O4/c1-13-8-20(27-22-13)15-4-5-19-14(9-15)6-7-23(19)21(24)16-10-17(25-2)12-18(11-16)26-3/h4-5,8-12H,6-7H2,1-3H3. The molecule has 3 aromatic rings. The first-order chi connectivity index (χ1) is 13.1. The van der Waals surface area contributed by atoms with Crippen molar-refractivity contribution in [1.29, 1.82) is 0 Å². The molecule has 2 aromatic carbocycles. The molecular formula is C21H20N2O4. The Morgan fingerprint density at radius 2 is 1.81 bits per heavy atom. The van der Waals surface area contributed by atoms with Gasteiger partial charge in [-0.2, -0.15) is 0 Å². The highest BCUT2D eigenvalue weighted by Gasteiger charge is 2.27. The van der Waals surface area contributed by atoms with E-state index < -0.39 is 0 Å². The van der Waals surface area contributed by atoms with Crippen molar-refractivity contribution < 1.29 is 18.8 Å². The second-order valence-electron chi connectivity index (χ2n) is 6.48. The van der Waals surface area contributed by atoms with E-state index in [1.54, 1.807) is 37.3 Å². The Labute approximate surface area is 157 Å². The smallest absolute Gasteiger partial charge is 0.258 e. The van der Waals surface area contributed by atoms with E-state index in [1.807, 2.05) is 25.1 Å². The maximum atomic E-state index is 13.1. The lowest BCUT2D eigenvalue weighted by atomic mass is 10.1. The number of hydrogen-bond acceptors (Lipinski definition) is 5. The molecule has 2 heterocycles. The summed E-state index contributed by atoms with van der Waals surface area (Å²) in [5.74, 6) is 1.84. The van der Waals surface area contributed by atoms with Crippen LogP contribution in [0.4, 0.5) is 5.69 Å². The molecule has 0 spiro atoms. The molecule has 1 aliphatic heterocycles. The van der Waals surface area contributed by atoms with E-state index in [9.17, 15) is 4.79 Å². The molecule has 138 valence electrons. The Balaban J connectivity index is 1.65. The van der Waals surface area contributed by atoms with Crippen molar-refractivity contribution in [1.82, 2.24) is 5.16 Å². The van der Waals surface area contributed by atoms with Gasteiger partial charge in [0.05, 0.1) is 19.9 Å². The molecule has 0 aliphatic carbocycles. The normalized spacial score (nSPS) is 12.8. The van der Waals surface area contributed by atoms with E-state index >= 15 is 0 Å². The highest BCUT2D eigenvalue weighted by Crippen LogP contribution is 2.34. The summed E-state index contributed by atoms with van der Waals surface area (Å²) in [6, 6.07) is 13.1. The Morgan fingerprint density at radius 1 is 1.07 bits per heavy atom. The molecule has 0 saturated heterocycles. The summed E-state index contributed by atoms with van der Waals surface area (Å²) in [6.45, 7) is 2.52. The molecule has 1 aromatic heterocycles. The van der Waals surface area contributed by atoms with Crippen LogP contribution in [0.5, 0.6) is 11.5 Å². The maximum absolute atomic E-state index is 13.1. The highest BCUT2D eigenvalue weighted by molar-refractivity contribution is 6.07. The van der Waals surface area contributed by atoms with E-state index in [1.165, 1.54) is 0 Å². The van der Waals surface area contributed by atoms with Gasteiger partial charge in [0.1, 0.15) is 11.5 Å². The minimum Gasteiger partial charge on any atom is -0.497 e. The van der Waals surface area contributed by atoms with Crippen LogP contribution in [0.25, 0.3) is 11.3 Å². The van der Waals surface area contributed by atoms with Gasteiger partial charge in [0.25, 0.3) is 5.91 Å². The van der Waals surface area contributed by atoms with Crippen molar-refractivity contribution in [3.63, 3.8) is 0 Å². The molecule has 6 heteroatoms. The van der Waals surface area contributed by atoms with Crippen LogP contribution in [0.1, 0.15) is 21.6 Å². The summed E-state index contributed by atoms with van der Waals surface area (Å²) < 4.78 is 15.9. The number of aromatic nitrogens is 1. The predicted octanol–water partition coefficient (Wildman–Crippen LogP) is 3.87. The predicted molar refractivity (Wildman–Crippen MR) is 102 cm³/mol. The molecular weight excluding hydrogens is 344 g/mol. The number of anilines is 1. The number of aryl methyl sites for hydroxylation is 1. The molecule has 0 bridgehead atoms. The highest BCUT2D eigenvalue weighted by atomic mass is 16.5. The summed E-state index contributed by atoms with van der Waals surface area (Å²) >= 11 is 0. The van der Waals surface area contributed by atoms with E-state index in [2.05, 4.69) is 11.2 Å². The van der Waals surface area contributed by atoms with Crippen molar-refractivity contribution in [2.45, 2.75) is 13.3 Å². The topological polar surface area (TPSA) is 64.8 Å². The zero-order valence-corrected chi connectivity index (χ0v) is 15.5. The van der Waals surface area contributed by atoms with E-state index in [-0.39, 0.29) is 5.91 Å². The fraction of sp³-hybridized carbons (Fsp3) is 0.238. The molecule has 6 nitrogen and oxygen atoms in total. The zero-order chi connectivity index (χ0) is 19.0. The van der Waals surface area contributed by atoms with E-state index in [4.69, 9.17) is 14.0 Å². The molecule has 0 saturated carbocycles. The van der Waals surface area contributed by atoms with Gasteiger partial charge in [0.2, 0.25) is 0 Å². The first-order valence-corrected chi connectivity index (χ1v) is 8.70. The summed E-state index contributed by atoms with van der Waals surface area (Å²) in [6.07, 6.45) is 0.795. The van der Waals surface area contributed by atoms with Crippen molar-refractivity contribution >= 4 is 11.6 Å². The van der Waals surface area contributed by atoms with Gasteiger partial charge in [-0.3, -0.25) is 4.79 Å². The van der Waals surface area contributed by atoms with E-state index in [0.717, 1.165) is 34.7 Å². The third kappa shape index (κ3) is 3.14. The summed E-state index contributed by atoms with van der Waals surface area (Å²) in [4.78, 5) is 14.9.